The highest BCUT2D eigenvalue weighted by molar-refractivity contribution is 5.66. The van der Waals surface area contributed by atoms with Crippen molar-refractivity contribution < 1.29 is 5.11 Å². The van der Waals surface area contributed by atoms with Gasteiger partial charge in [-0.15, -0.1) is 0 Å². The van der Waals surface area contributed by atoms with Crippen molar-refractivity contribution in [2.45, 2.75) is 19.4 Å². The van der Waals surface area contributed by atoms with Crippen LogP contribution < -0.4 is 11.1 Å². The summed E-state index contributed by atoms with van der Waals surface area (Å²) in [5.41, 5.74) is 9.90. The number of aliphatic hydroxyl groups excluding tert-OH is 1. The van der Waals surface area contributed by atoms with Crippen molar-refractivity contribution in [1.29, 1.82) is 0 Å². The summed E-state index contributed by atoms with van der Waals surface area (Å²) in [7, 11) is 0. The number of aliphatic hydroxyl groups is 1. The summed E-state index contributed by atoms with van der Waals surface area (Å²) in [6, 6.07) is 15.9. The molecule has 4 N–H and O–H groups in total. The quantitative estimate of drug-likeness (QED) is 0.721. The van der Waals surface area contributed by atoms with Crippen molar-refractivity contribution in [2.75, 3.05) is 17.7 Å². The van der Waals surface area contributed by atoms with Crippen molar-refractivity contribution in [1.82, 2.24) is 0 Å². The van der Waals surface area contributed by atoms with Crippen LogP contribution in [-0.4, -0.2) is 17.8 Å². The van der Waals surface area contributed by atoms with E-state index in [1.807, 2.05) is 24.3 Å². The van der Waals surface area contributed by atoms with E-state index in [1.54, 1.807) is 0 Å². The highest BCUT2D eigenvalue weighted by Gasteiger charge is 2.09. The zero-order chi connectivity index (χ0) is 13.7. The van der Waals surface area contributed by atoms with Gasteiger partial charge < -0.3 is 16.2 Å². The Morgan fingerprint density at radius 1 is 1.11 bits per heavy atom. The Labute approximate surface area is 114 Å². The lowest BCUT2D eigenvalue weighted by molar-refractivity contribution is 0.274. The summed E-state index contributed by atoms with van der Waals surface area (Å²) in [5, 5.41) is 12.8. The number of nitrogens with two attached hydrogens (primary N) is 1. The van der Waals surface area contributed by atoms with Crippen molar-refractivity contribution in [3.63, 3.8) is 0 Å². The third-order valence-corrected chi connectivity index (χ3v) is 3.14. The van der Waals surface area contributed by atoms with Crippen LogP contribution in [0.1, 0.15) is 11.1 Å². The molecule has 0 fully saturated rings. The maximum atomic E-state index is 9.49. The van der Waals surface area contributed by atoms with Gasteiger partial charge in [0, 0.05) is 0 Å². The van der Waals surface area contributed by atoms with Crippen molar-refractivity contribution in [3.05, 3.63) is 59.7 Å². The lowest BCUT2D eigenvalue weighted by Gasteiger charge is -2.19. The molecule has 2 aromatic rings. The van der Waals surface area contributed by atoms with E-state index < -0.39 is 0 Å². The first-order valence-corrected chi connectivity index (χ1v) is 6.46. The molecule has 0 radical (unpaired) electrons. The minimum Gasteiger partial charge on any atom is -0.397 e. The van der Waals surface area contributed by atoms with E-state index in [-0.39, 0.29) is 12.6 Å². The smallest absolute Gasteiger partial charge is 0.0636 e. The third kappa shape index (κ3) is 3.73. The lowest BCUT2D eigenvalue weighted by Crippen LogP contribution is -2.26. The van der Waals surface area contributed by atoms with Gasteiger partial charge in [-0.25, -0.2) is 0 Å². The molecule has 0 aliphatic carbocycles. The van der Waals surface area contributed by atoms with Crippen LogP contribution in [0, 0.1) is 6.92 Å². The standard InChI is InChI=1S/C16H20N2O/c1-12-6-8-13(9-7-12)10-14(11-19)18-16-5-3-2-4-15(16)17/h2-9,14,18-19H,10-11,17H2,1H3. The lowest BCUT2D eigenvalue weighted by atomic mass is 10.0. The van der Waals surface area contributed by atoms with Crippen LogP contribution in [0.3, 0.4) is 0 Å². The Morgan fingerprint density at radius 2 is 1.79 bits per heavy atom. The zero-order valence-corrected chi connectivity index (χ0v) is 11.1. The van der Waals surface area contributed by atoms with E-state index in [2.05, 4.69) is 36.5 Å². The predicted octanol–water partition coefficient (Wildman–Crippen LogP) is 2.59. The average molecular weight is 256 g/mol. The first kappa shape index (κ1) is 13.4. The summed E-state index contributed by atoms with van der Waals surface area (Å²) in [5.74, 6) is 0. The largest absolute Gasteiger partial charge is 0.397 e. The van der Waals surface area contributed by atoms with Crippen LogP contribution in [0.25, 0.3) is 0 Å². The van der Waals surface area contributed by atoms with E-state index in [0.717, 1.165) is 12.1 Å². The van der Waals surface area contributed by atoms with E-state index in [1.165, 1.54) is 11.1 Å². The molecule has 2 aromatic carbocycles. The van der Waals surface area contributed by atoms with Crippen LogP contribution in [0.2, 0.25) is 0 Å². The van der Waals surface area contributed by atoms with Gasteiger partial charge in [-0.3, -0.25) is 0 Å². The molecule has 0 bridgehead atoms. The van der Waals surface area contributed by atoms with Gasteiger partial charge in [0.2, 0.25) is 0 Å². The van der Waals surface area contributed by atoms with Gasteiger partial charge in [0.15, 0.2) is 0 Å². The van der Waals surface area contributed by atoms with Gasteiger partial charge in [0.25, 0.3) is 0 Å². The highest BCUT2D eigenvalue weighted by atomic mass is 16.3. The maximum Gasteiger partial charge on any atom is 0.0636 e. The molecular formula is C16H20N2O. The SMILES string of the molecule is Cc1ccc(CC(CO)Nc2ccccc2N)cc1. The van der Waals surface area contributed by atoms with Gasteiger partial charge in [-0.2, -0.15) is 0 Å². The van der Waals surface area contributed by atoms with Crippen molar-refractivity contribution in [2.24, 2.45) is 0 Å². The Morgan fingerprint density at radius 3 is 2.42 bits per heavy atom. The first-order valence-electron chi connectivity index (χ1n) is 6.46. The first-order chi connectivity index (χ1) is 9.19. The summed E-state index contributed by atoms with van der Waals surface area (Å²) in [4.78, 5) is 0. The summed E-state index contributed by atoms with van der Waals surface area (Å²) in [6.45, 7) is 2.14. The predicted molar refractivity (Wildman–Crippen MR) is 80.2 cm³/mol. The molecule has 0 spiro atoms. The molecule has 100 valence electrons. The number of hydrogen-bond acceptors (Lipinski definition) is 3. The van der Waals surface area contributed by atoms with E-state index in [4.69, 9.17) is 5.73 Å². The Kier molecular flexibility index (Phi) is 4.42. The van der Waals surface area contributed by atoms with Gasteiger partial charge in [-0.05, 0) is 31.0 Å². The van der Waals surface area contributed by atoms with Gasteiger partial charge >= 0.3 is 0 Å². The molecule has 0 saturated heterocycles. The number of rotatable bonds is 5. The van der Waals surface area contributed by atoms with Crippen LogP contribution in [0.15, 0.2) is 48.5 Å². The van der Waals surface area contributed by atoms with Crippen LogP contribution in [0.4, 0.5) is 11.4 Å². The molecular weight excluding hydrogens is 236 g/mol. The summed E-state index contributed by atoms with van der Waals surface area (Å²) < 4.78 is 0. The number of hydrogen-bond donors (Lipinski definition) is 3. The second-order valence-electron chi connectivity index (χ2n) is 4.80. The molecule has 1 atom stereocenters. The van der Waals surface area contributed by atoms with Gasteiger partial charge in [-0.1, -0.05) is 42.0 Å². The molecule has 0 aliphatic heterocycles. The van der Waals surface area contributed by atoms with Crippen LogP contribution >= 0.6 is 0 Å². The third-order valence-electron chi connectivity index (χ3n) is 3.14. The van der Waals surface area contributed by atoms with Crippen LogP contribution in [0.5, 0.6) is 0 Å². The van der Waals surface area contributed by atoms with Crippen molar-refractivity contribution >= 4 is 11.4 Å². The minimum atomic E-state index is -0.0348. The average Bonchev–Trinajstić information content (AvgIpc) is 2.43. The number of para-hydroxylation sites is 2. The molecule has 2 rings (SSSR count). The van der Waals surface area contributed by atoms with Gasteiger partial charge in [0.1, 0.15) is 0 Å². The maximum absolute atomic E-state index is 9.49. The fourth-order valence-electron chi connectivity index (χ4n) is 2.02. The fraction of sp³-hybridized carbons (Fsp3) is 0.250. The zero-order valence-electron chi connectivity index (χ0n) is 11.1. The minimum absolute atomic E-state index is 0.0348. The topological polar surface area (TPSA) is 58.3 Å². The monoisotopic (exact) mass is 256 g/mol. The summed E-state index contributed by atoms with van der Waals surface area (Å²) >= 11 is 0. The number of aryl methyl sites for hydroxylation is 1. The molecule has 0 aliphatic rings. The molecule has 0 saturated carbocycles. The van der Waals surface area contributed by atoms with E-state index in [0.29, 0.717) is 5.69 Å². The second-order valence-corrected chi connectivity index (χ2v) is 4.80. The molecule has 0 heterocycles. The molecule has 3 nitrogen and oxygen atoms in total. The van der Waals surface area contributed by atoms with Gasteiger partial charge in [0.05, 0.1) is 24.0 Å². The molecule has 0 amide bonds. The number of benzene rings is 2. The molecule has 1 unspecified atom stereocenters. The Bertz CT molecular complexity index is 523. The Hall–Kier alpha value is -2.00. The summed E-state index contributed by atoms with van der Waals surface area (Å²) in [6.07, 6.45) is 0.769. The van der Waals surface area contributed by atoms with Crippen LogP contribution in [-0.2, 0) is 6.42 Å². The number of nitrogens with one attached hydrogen (secondary N) is 1. The molecule has 0 aromatic heterocycles. The molecule has 3 heteroatoms. The number of anilines is 2. The normalized spacial score (nSPS) is 12.1. The Balaban J connectivity index is 2.05. The van der Waals surface area contributed by atoms with Crippen molar-refractivity contribution in [3.8, 4) is 0 Å². The second kappa shape index (κ2) is 6.25. The van der Waals surface area contributed by atoms with E-state index in [9.17, 15) is 5.11 Å². The van der Waals surface area contributed by atoms with E-state index >= 15 is 0 Å². The molecule has 19 heavy (non-hydrogen) atoms. The fourth-order valence-corrected chi connectivity index (χ4v) is 2.02. The number of nitrogen functional groups attached to an aromatic ring is 1. The highest BCUT2D eigenvalue weighted by Crippen LogP contribution is 2.19.